The molecule has 0 saturated carbocycles. The maximum atomic E-state index is 6.13. The second-order valence-electron chi connectivity index (χ2n) is 6.35. The Morgan fingerprint density at radius 1 is 1.10 bits per heavy atom. The summed E-state index contributed by atoms with van der Waals surface area (Å²) in [5.74, 6) is 0. The highest BCUT2D eigenvalue weighted by Gasteiger charge is 2.21. The Bertz CT molecular complexity index is 414. The van der Waals surface area contributed by atoms with Crippen molar-refractivity contribution in [3.8, 4) is 0 Å². The SMILES string of the molecule is CCNC(COC(C)(C)CC)c1c(C)cc(C)cc1C. The summed E-state index contributed by atoms with van der Waals surface area (Å²) in [4.78, 5) is 0. The Morgan fingerprint density at radius 2 is 1.65 bits per heavy atom. The molecule has 0 saturated heterocycles. The van der Waals surface area contributed by atoms with Crippen LogP contribution in [0, 0.1) is 20.8 Å². The first-order chi connectivity index (χ1) is 9.30. The zero-order valence-electron chi connectivity index (χ0n) is 14.3. The van der Waals surface area contributed by atoms with Gasteiger partial charge in [0.25, 0.3) is 0 Å². The molecule has 1 rings (SSSR count). The number of benzene rings is 1. The topological polar surface area (TPSA) is 21.3 Å². The standard InChI is InChI=1S/C18H31NO/c1-8-18(6,7)20-12-16(19-9-2)17-14(4)10-13(3)11-15(17)5/h10-11,16,19H,8-9,12H2,1-7H3. The quantitative estimate of drug-likeness (QED) is 0.794. The van der Waals surface area contributed by atoms with Gasteiger partial charge in [0, 0.05) is 0 Å². The van der Waals surface area contributed by atoms with Gasteiger partial charge >= 0.3 is 0 Å². The summed E-state index contributed by atoms with van der Waals surface area (Å²) in [5.41, 5.74) is 5.37. The van der Waals surface area contributed by atoms with Crippen LogP contribution in [0.25, 0.3) is 0 Å². The first-order valence-electron chi connectivity index (χ1n) is 7.75. The lowest BCUT2D eigenvalue weighted by molar-refractivity contribution is -0.0307. The molecular formula is C18H31NO. The minimum atomic E-state index is -0.0554. The summed E-state index contributed by atoms with van der Waals surface area (Å²) < 4.78 is 6.13. The van der Waals surface area contributed by atoms with E-state index in [0.717, 1.165) is 19.6 Å². The second-order valence-corrected chi connectivity index (χ2v) is 6.35. The van der Waals surface area contributed by atoms with Gasteiger partial charge in [-0.05, 0) is 64.3 Å². The van der Waals surface area contributed by atoms with E-state index in [2.05, 4.69) is 65.9 Å². The normalized spacial score (nSPS) is 13.6. The fourth-order valence-electron chi connectivity index (χ4n) is 2.64. The monoisotopic (exact) mass is 277 g/mol. The van der Waals surface area contributed by atoms with Crippen LogP contribution in [0.1, 0.15) is 62.4 Å². The number of ether oxygens (including phenoxy) is 1. The summed E-state index contributed by atoms with van der Waals surface area (Å²) >= 11 is 0. The van der Waals surface area contributed by atoms with Gasteiger partial charge in [-0.25, -0.2) is 0 Å². The Morgan fingerprint density at radius 3 is 2.10 bits per heavy atom. The highest BCUT2D eigenvalue weighted by atomic mass is 16.5. The van der Waals surface area contributed by atoms with Crippen molar-refractivity contribution >= 4 is 0 Å². The molecule has 1 atom stereocenters. The molecule has 0 aliphatic rings. The molecule has 0 aromatic heterocycles. The lowest BCUT2D eigenvalue weighted by Crippen LogP contribution is -2.32. The van der Waals surface area contributed by atoms with Crippen molar-refractivity contribution in [3.63, 3.8) is 0 Å². The smallest absolute Gasteiger partial charge is 0.0668 e. The van der Waals surface area contributed by atoms with Crippen LogP contribution in [0.15, 0.2) is 12.1 Å². The molecule has 0 radical (unpaired) electrons. The average molecular weight is 277 g/mol. The van der Waals surface area contributed by atoms with Crippen molar-refractivity contribution in [3.05, 3.63) is 34.4 Å². The summed E-state index contributed by atoms with van der Waals surface area (Å²) in [6.07, 6.45) is 1.03. The molecule has 1 aromatic carbocycles. The third-order valence-corrected chi connectivity index (χ3v) is 4.03. The van der Waals surface area contributed by atoms with E-state index in [4.69, 9.17) is 4.74 Å². The maximum Gasteiger partial charge on any atom is 0.0668 e. The third kappa shape index (κ3) is 4.60. The van der Waals surface area contributed by atoms with E-state index in [-0.39, 0.29) is 11.6 Å². The van der Waals surface area contributed by atoms with Gasteiger partial charge in [0.1, 0.15) is 0 Å². The van der Waals surface area contributed by atoms with E-state index >= 15 is 0 Å². The highest BCUT2D eigenvalue weighted by Crippen LogP contribution is 2.26. The van der Waals surface area contributed by atoms with Crippen LogP contribution >= 0.6 is 0 Å². The predicted octanol–water partition coefficient (Wildman–Crippen LogP) is 4.47. The van der Waals surface area contributed by atoms with Gasteiger partial charge in [-0.3, -0.25) is 0 Å². The van der Waals surface area contributed by atoms with Gasteiger partial charge in [0.2, 0.25) is 0 Å². The van der Waals surface area contributed by atoms with Crippen molar-refractivity contribution in [2.45, 2.75) is 66.5 Å². The minimum Gasteiger partial charge on any atom is -0.374 e. The second kappa shape index (κ2) is 7.24. The molecule has 0 bridgehead atoms. The first kappa shape index (κ1) is 17.2. The minimum absolute atomic E-state index is 0.0554. The van der Waals surface area contributed by atoms with Gasteiger partial charge in [-0.15, -0.1) is 0 Å². The van der Waals surface area contributed by atoms with E-state index in [1.807, 2.05) is 0 Å². The molecule has 0 spiro atoms. The lowest BCUT2D eigenvalue weighted by atomic mass is 9.94. The molecule has 1 N–H and O–H groups in total. The molecule has 0 fully saturated rings. The van der Waals surface area contributed by atoms with Gasteiger partial charge in [-0.2, -0.15) is 0 Å². The molecule has 114 valence electrons. The Kier molecular flexibility index (Phi) is 6.22. The highest BCUT2D eigenvalue weighted by molar-refractivity contribution is 5.39. The zero-order valence-corrected chi connectivity index (χ0v) is 14.3. The molecule has 2 heteroatoms. The first-order valence-corrected chi connectivity index (χ1v) is 7.75. The van der Waals surface area contributed by atoms with Crippen LogP contribution in [0.2, 0.25) is 0 Å². The van der Waals surface area contributed by atoms with Crippen LogP contribution < -0.4 is 5.32 Å². The molecule has 1 unspecified atom stereocenters. The zero-order chi connectivity index (χ0) is 15.3. The Balaban J connectivity index is 2.97. The van der Waals surface area contributed by atoms with Crippen molar-refractivity contribution in [1.82, 2.24) is 5.32 Å². The summed E-state index contributed by atoms with van der Waals surface area (Å²) in [6.45, 7) is 16.9. The van der Waals surface area contributed by atoms with Crippen LogP contribution in [0.3, 0.4) is 0 Å². The predicted molar refractivity (Wildman–Crippen MR) is 87.4 cm³/mol. The number of nitrogens with one attached hydrogen (secondary N) is 1. The fraction of sp³-hybridized carbons (Fsp3) is 0.667. The van der Waals surface area contributed by atoms with Gasteiger partial charge in [-0.1, -0.05) is 31.5 Å². The van der Waals surface area contributed by atoms with E-state index in [1.165, 1.54) is 22.3 Å². The molecule has 0 heterocycles. The van der Waals surface area contributed by atoms with Gasteiger partial charge in [0.15, 0.2) is 0 Å². The largest absolute Gasteiger partial charge is 0.374 e. The number of aryl methyl sites for hydroxylation is 3. The number of likely N-dealkylation sites (N-methyl/N-ethyl adjacent to an activating group) is 1. The van der Waals surface area contributed by atoms with Crippen molar-refractivity contribution in [2.75, 3.05) is 13.2 Å². The summed E-state index contributed by atoms with van der Waals surface area (Å²) in [5, 5.41) is 3.57. The van der Waals surface area contributed by atoms with E-state index in [0.29, 0.717) is 0 Å². The van der Waals surface area contributed by atoms with Crippen LogP contribution in [0.5, 0.6) is 0 Å². The summed E-state index contributed by atoms with van der Waals surface area (Å²) in [6, 6.07) is 4.79. The number of rotatable bonds is 7. The van der Waals surface area contributed by atoms with Crippen LogP contribution in [-0.2, 0) is 4.74 Å². The Labute approximate surface area is 124 Å². The Hall–Kier alpha value is -0.860. The molecule has 0 aliphatic heterocycles. The van der Waals surface area contributed by atoms with Gasteiger partial charge in [0.05, 0.1) is 18.2 Å². The molecular weight excluding hydrogens is 246 g/mol. The third-order valence-electron chi connectivity index (χ3n) is 4.03. The summed E-state index contributed by atoms with van der Waals surface area (Å²) in [7, 11) is 0. The molecule has 2 nitrogen and oxygen atoms in total. The van der Waals surface area contributed by atoms with Gasteiger partial charge < -0.3 is 10.1 Å². The maximum absolute atomic E-state index is 6.13. The number of hydrogen-bond donors (Lipinski definition) is 1. The van der Waals surface area contributed by atoms with Crippen LogP contribution in [0.4, 0.5) is 0 Å². The van der Waals surface area contributed by atoms with Crippen LogP contribution in [-0.4, -0.2) is 18.8 Å². The van der Waals surface area contributed by atoms with Crippen molar-refractivity contribution in [1.29, 1.82) is 0 Å². The van der Waals surface area contributed by atoms with E-state index < -0.39 is 0 Å². The average Bonchev–Trinajstić information content (AvgIpc) is 2.35. The van der Waals surface area contributed by atoms with Crippen molar-refractivity contribution < 1.29 is 4.74 Å². The lowest BCUT2D eigenvalue weighted by Gasteiger charge is -2.29. The van der Waals surface area contributed by atoms with Crippen molar-refractivity contribution in [2.24, 2.45) is 0 Å². The van der Waals surface area contributed by atoms with E-state index in [9.17, 15) is 0 Å². The molecule has 20 heavy (non-hydrogen) atoms. The molecule has 1 aromatic rings. The molecule has 0 aliphatic carbocycles. The molecule has 0 amide bonds. The van der Waals surface area contributed by atoms with E-state index in [1.54, 1.807) is 0 Å². The number of hydrogen-bond acceptors (Lipinski definition) is 2. The fourth-order valence-corrected chi connectivity index (χ4v) is 2.64.